The first kappa shape index (κ1) is 19.9. The molecule has 4 nitrogen and oxygen atoms in total. The van der Waals surface area contributed by atoms with Gasteiger partial charge in [0, 0.05) is 20.4 Å². The summed E-state index contributed by atoms with van der Waals surface area (Å²) in [4.78, 5) is 14.2. The van der Waals surface area contributed by atoms with Gasteiger partial charge >= 0.3 is 0 Å². The minimum atomic E-state index is -3.14. The van der Waals surface area contributed by atoms with Gasteiger partial charge < -0.3 is 4.90 Å². The maximum Gasteiger partial charge on any atom is 0.229 e. The van der Waals surface area contributed by atoms with E-state index in [2.05, 4.69) is 0 Å². The number of benzene rings is 2. The second-order valence-corrected chi connectivity index (χ2v) is 8.83. The van der Waals surface area contributed by atoms with Gasteiger partial charge in [-0.25, -0.2) is 8.42 Å². The van der Waals surface area contributed by atoms with E-state index in [0.717, 1.165) is 16.7 Å². The van der Waals surface area contributed by atoms with Crippen LogP contribution < -0.4 is 0 Å². The van der Waals surface area contributed by atoms with E-state index < -0.39 is 15.8 Å². The molecule has 2 aromatic rings. The fourth-order valence-electron chi connectivity index (χ4n) is 2.75. The van der Waals surface area contributed by atoms with Crippen LogP contribution in [0.15, 0.2) is 66.7 Å². The molecule has 26 heavy (non-hydrogen) atoms. The smallest absolute Gasteiger partial charge is 0.229 e. The Labute approximate surface area is 156 Å². The molecule has 138 valence electrons. The lowest BCUT2D eigenvalue weighted by molar-refractivity contribution is -0.131. The highest BCUT2D eigenvalue weighted by Crippen LogP contribution is 2.26. The van der Waals surface area contributed by atoms with Crippen LogP contribution in [0.5, 0.6) is 0 Å². The van der Waals surface area contributed by atoms with Crippen molar-refractivity contribution in [1.82, 2.24) is 4.90 Å². The predicted molar refractivity (Wildman–Crippen MR) is 106 cm³/mol. The molecule has 0 aliphatic carbocycles. The van der Waals surface area contributed by atoms with Gasteiger partial charge in [0.05, 0.1) is 11.7 Å². The summed E-state index contributed by atoms with van der Waals surface area (Å²) in [7, 11) is 0.234. The van der Waals surface area contributed by atoms with Crippen LogP contribution >= 0.6 is 0 Å². The van der Waals surface area contributed by atoms with Gasteiger partial charge in [-0.05, 0) is 23.1 Å². The molecule has 0 aliphatic heterocycles. The Morgan fingerprint density at radius 1 is 0.962 bits per heavy atom. The van der Waals surface area contributed by atoms with Gasteiger partial charge in [-0.2, -0.15) is 0 Å². The van der Waals surface area contributed by atoms with E-state index in [-0.39, 0.29) is 18.1 Å². The van der Waals surface area contributed by atoms with E-state index in [1.165, 1.54) is 11.2 Å². The SMILES string of the molecule is CN(C)C(=O)C(C=C(c1ccccc1)c1ccccc1)CCS(C)(=O)=O. The van der Waals surface area contributed by atoms with Crippen LogP contribution in [0, 0.1) is 5.92 Å². The van der Waals surface area contributed by atoms with Crippen molar-refractivity contribution in [3.05, 3.63) is 77.9 Å². The monoisotopic (exact) mass is 371 g/mol. The summed E-state index contributed by atoms with van der Waals surface area (Å²) in [6.07, 6.45) is 3.36. The molecule has 0 N–H and O–H groups in total. The molecule has 1 atom stereocenters. The van der Waals surface area contributed by atoms with Crippen LogP contribution in [-0.4, -0.2) is 45.3 Å². The zero-order valence-corrected chi connectivity index (χ0v) is 16.2. The Morgan fingerprint density at radius 3 is 1.81 bits per heavy atom. The van der Waals surface area contributed by atoms with Crippen molar-refractivity contribution in [3.63, 3.8) is 0 Å². The molecule has 0 radical (unpaired) electrons. The third kappa shape index (κ3) is 5.85. The molecule has 0 heterocycles. The summed E-state index contributed by atoms with van der Waals surface area (Å²) >= 11 is 0. The minimum absolute atomic E-state index is 0.0232. The lowest BCUT2D eigenvalue weighted by Gasteiger charge is -2.19. The van der Waals surface area contributed by atoms with Gasteiger partial charge in [0.15, 0.2) is 0 Å². The van der Waals surface area contributed by atoms with E-state index in [0.29, 0.717) is 0 Å². The van der Waals surface area contributed by atoms with E-state index in [9.17, 15) is 13.2 Å². The van der Waals surface area contributed by atoms with Gasteiger partial charge in [-0.3, -0.25) is 4.79 Å². The standard InChI is InChI=1S/C21H25NO3S/c1-22(2)21(23)19(14-15-26(3,24)25)16-20(17-10-6-4-7-11-17)18-12-8-5-9-13-18/h4-13,16,19H,14-15H2,1-3H3. The predicted octanol–water partition coefficient (Wildman–Crippen LogP) is 3.26. The van der Waals surface area contributed by atoms with Crippen molar-refractivity contribution >= 4 is 21.3 Å². The zero-order valence-electron chi connectivity index (χ0n) is 15.4. The van der Waals surface area contributed by atoms with Gasteiger partial charge in [-0.15, -0.1) is 0 Å². The molecule has 0 saturated carbocycles. The number of carbonyl (C=O) groups is 1. The Balaban J connectivity index is 2.50. The van der Waals surface area contributed by atoms with Gasteiger partial charge in [0.1, 0.15) is 9.84 Å². The number of carbonyl (C=O) groups excluding carboxylic acids is 1. The Kier molecular flexibility index (Phi) is 6.75. The molecule has 0 aliphatic rings. The fourth-order valence-corrected chi connectivity index (χ4v) is 3.43. The molecular weight excluding hydrogens is 346 g/mol. The summed E-state index contributed by atoms with van der Waals surface area (Å²) in [5, 5.41) is 0. The first-order valence-electron chi connectivity index (χ1n) is 8.49. The van der Waals surface area contributed by atoms with Crippen molar-refractivity contribution in [1.29, 1.82) is 0 Å². The summed E-state index contributed by atoms with van der Waals surface area (Å²) in [5.41, 5.74) is 2.92. The average Bonchev–Trinajstić information content (AvgIpc) is 2.62. The first-order chi connectivity index (χ1) is 12.3. The normalized spacial score (nSPS) is 12.3. The number of amides is 1. The highest BCUT2D eigenvalue weighted by atomic mass is 32.2. The zero-order chi connectivity index (χ0) is 19.2. The lowest BCUT2D eigenvalue weighted by atomic mass is 9.92. The van der Waals surface area contributed by atoms with Crippen LogP contribution in [0.1, 0.15) is 17.5 Å². The number of hydrogen-bond donors (Lipinski definition) is 0. The average molecular weight is 372 g/mol. The second-order valence-electron chi connectivity index (χ2n) is 6.57. The van der Waals surface area contributed by atoms with E-state index >= 15 is 0 Å². The Morgan fingerprint density at radius 2 is 1.42 bits per heavy atom. The van der Waals surface area contributed by atoms with Gasteiger partial charge in [0.25, 0.3) is 0 Å². The molecule has 0 saturated heterocycles. The first-order valence-corrected chi connectivity index (χ1v) is 10.6. The minimum Gasteiger partial charge on any atom is -0.348 e. The number of rotatable bonds is 7. The molecule has 0 spiro atoms. The van der Waals surface area contributed by atoms with Gasteiger partial charge in [-0.1, -0.05) is 66.7 Å². The van der Waals surface area contributed by atoms with E-state index in [1.54, 1.807) is 14.1 Å². The molecule has 1 unspecified atom stereocenters. The molecule has 5 heteroatoms. The quantitative estimate of drug-likeness (QED) is 0.751. The topological polar surface area (TPSA) is 54.5 Å². The third-order valence-electron chi connectivity index (χ3n) is 4.10. The van der Waals surface area contributed by atoms with Crippen LogP contribution in [0.3, 0.4) is 0 Å². The van der Waals surface area contributed by atoms with Crippen LogP contribution in [0.4, 0.5) is 0 Å². The van der Waals surface area contributed by atoms with E-state index in [1.807, 2.05) is 66.7 Å². The molecule has 0 aromatic heterocycles. The maximum atomic E-state index is 12.6. The molecule has 2 aromatic carbocycles. The molecule has 0 fully saturated rings. The number of nitrogens with zero attached hydrogens (tertiary/aromatic N) is 1. The van der Waals surface area contributed by atoms with Crippen LogP contribution in [0.2, 0.25) is 0 Å². The number of sulfone groups is 1. The van der Waals surface area contributed by atoms with Crippen molar-refractivity contribution in [2.24, 2.45) is 5.92 Å². The maximum absolute atomic E-state index is 12.6. The summed E-state index contributed by atoms with van der Waals surface area (Å²) in [6, 6.07) is 19.7. The van der Waals surface area contributed by atoms with Crippen LogP contribution in [-0.2, 0) is 14.6 Å². The van der Waals surface area contributed by atoms with Crippen molar-refractivity contribution in [3.8, 4) is 0 Å². The summed E-state index contributed by atoms with van der Waals surface area (Å²) < 4.78 is 23.2. The molecular formula is C21H25NO3S. The molecule has 2 rings (SSSR count). The Bertz CT molecular complexity index is 815. The molecule has 0 bridgehead atoms. The van der Waals surface area contributed by atoms with Crippen molar-refractivity contribution < 1.29 is 13.2 Å². The summed E-state index contributed by atoms with van der Waals surface area (Å²) in [5.74, 6) is -0.627. The highest BCUT2D eigenvalue weighted by molar-refractivity contribution is 7.90. The van der Waals surface area contributed by atoms with Crippen molar-refractivity contribution in [2.75, 3.05) is 26.1 Å². The van der Waals surface area contributed by atoms with Gasteiger partial charge in [0.2, 0.25) is 5.91 Å². The molecule has 1 amide bonds. The lowest BCUT2D eigenvalue weighted by Crippen LogP contribution is -2.30. The number of hydrogen-bond acceptors (Lipinski definition) is 3. The summed E-state index contributed by atoms with van der Waals surface area (Å²) in [6.45, 7) is 0. The fraction of sp³-hybridized carbons (Fsp3) is 0.286. The van der Waals surface area contributed by atoms with Crippen molar-refractivity contribution in [2.45, 2.75) is 6.42 Å². The van der Waals surface area contributed by atoms with E-state index in [4.69, 9.17) is 0 Å². The highest BCUT2D eigenvalue weighted by Gasteiger charge is 2.21. The van der Waals surface area contributed by atoms with Crippen LogP contribution in [0.25, 0.3) is 5.57 Å². The second kappa shape index (κ2) is 8.81. The third-order valence-corrected chi connectivity index (χ3v) is 5.07. The Hall–Kier alpha value is -2.40. The largest absolute Gasteiger partial charge is 0.348 e.